The average Bonchev–Trinajstić information content (AvgIpc) is 2.98. The lowest BCUT2D eigenvalue weighted by atomic mass is 9.83. The van der Waals surface area contributed by atoms with Gasteiger partial charge >= 0.3 is 11.9 Å². The summed E-state index contributed by atoms with van der Waals surface area (Å²) in [6.07, 6.45) is 5.58. The van der Waals surface area contributed by atoms with Crippen LogP contribution in [0.5, 0.6) is 0 Å². The van der Waals surface area contributed by atoms with E-state index in [1.807, 2.05) is 12.2 Å². The van der Waals surface area contributed by atoms with Crippen molar-refractivity contribution in [3.8, 4) is 0 Å². The maximum Gasteiger partial charge on any atom is 0.313 e. The van der Waals surface area contributed by atoms with Gasteiger partial charge in [-0.15, -0.1) is 0 Å². The topological polar surface area (TPSA) is 52.6 Å². The molecular formula is C11H14O4. The van der Waals surface area contributed by atoms with Gasteiger partial charge in [0.1, 0.15) is 0 Å². The molecule has 0 heterocycles. The Morgan fingerprint density at radius 1 is 1.00 bits per heavy atom. The second-order valence-electron chi connectivity index (χ2n) is 4.20. The Balaban J connectivity index is 2.32. The van der Waals surface area contributed by atoms with Crippen molar-refractivity contribution in [1.82, 2.24) is 0 Å². The third-order valence-electron chi connectivity index (χ3n) is 3.65. The number of hydrogen-bond acceptors (Lipinski definition) is 4. The molecule has 4 heteroatoms. The van der Waals surface area contributed by atoms with Gasteiger partial charge in [-0.05, 0) is 19.3 Å². The molecule has 2 aliphatic rings. The van der Waals surface area contributed by atoms with Crippen molar-refractivity contribution in [2.45, 2.75) is 19.3 Å². The number of hydrogen-bond donors (Lipinski definition) is 0. The van der Waals surface area contributed by atoms with Crippen LogP contribution in [0.1, 0.15) is 19.3 Å². The van der Waals surface area contributed by atoms with Crippen LogP contribution in [0.4, 0.5) is 0 Å². The summed E-state index contributed by atoms with van der Waals surface area (Å²) in [4.78, 5) is 23.4. The maximum absolute atomic E-state index is 11.7. The summed E-state index contributed by atoms with van der Waals surface area (Å²) in [6.45, 7) is 0. The van der Waals surface area contributed by atoms with Gasteiger partial charge in [0.05, 0.1) is 25.0 Å². The Hall–Kier alpha value is -1.32. The number of carbonyl (C=O) groups is 2. The number of ether oxygens (including phenoxy) is 2. The van der Waals surface area contributed by atoms with Crippen molar-refractivity contribution in [3.05, 3.63) is 12.2 Å². The molecule has 0 spiro atoms. The maximum atomic E-state index is 11.7. The fraction of sp³-hybridized carbons (Fsp3) is 0.636. The summed E-state index contributed by atoms with van der Waals surface area (Å²) in [5, 5.41) is 0. The first kappa shape index (κ1) is 10.2. The highest BCUT2D eigenvalue weighted by Gasteiger charge is 2.77. The fourth-order valence-electron chi connectivity index (χ4n) is 2.67. The van der Waals surface area contributed by atoms with Crippen LogP contribution < -0.4 is 0 Å². The Morgan fingerprint density at radius 2 is 1.40 bits per heavy atom. The third-order valence-corrected chi connectivity index (χ3v) is 3.65. The molecule has 2 aliphatic carbocycles. The lowest BCUT2D eigenvalue weighted by Crippen LogP contribution is -2.32. The number of methoxy groups -OCH3 is 2. The Morgan fingerprint density at radius 3 is 1.73 bits per heavy atom. The number of fused-ring (bicyclic) bond motifs is 1. The largest absolute Gasteiger partial charge is 0.469 e. The molecular weight excluding hydrogens is 196 g/mol. The van der Waals surface area contributed by atoms with E-state index in [2.05, 4.69) is 0 Å². The summed E-state index contributed by atoms with van der Waals surface area (Å²) in [6, 6.07) is 0. The summed E-state index contributed by atoms with van der Waals surface area (Å²) < 4.78 is 9.55. The standard InChI is InChI=1S/C11H14O4/c1-14-8(12)10-5-3-4-6-11(10,7-10)9(13)15-2/h3-4H,5-7H2,1-2H3. The molecule has 0 aromatic heterocycles. The van der Waals surface area contributed by atoms with E-state index in [-0.39, 0.29) is 11.9 Å². The smallest absolute Gasteiger partial charge is 0.313 e. The minimum Gasteiger partial charge on any atom is -0.469 e. The van der Waals surface area contributed by atoms with E-state index in [1.54, 1.807) is 0 Å². The predicted molar refractivity (Wildman–Crippen MR) is 51.9 cm³/mol. The molecule has 4 nitrogen and oxygen atoms in total. The molecule has 0 radical (unpaired) electrons. The normalized spacial score (nSPS) is 36.7. The molecule has 0 N–H and O–H groups in total. The molecule has 1 fully saturated rings. The molecule has 2 rings (SSSR count). The summed E-state index contributed by atoms with van der Waals surface area (Å²) in [5.74, 6) is -0.588. The van der Waals surface area contributed by atoms with Gasteiger partial charge in [-0.1, -0.05) is 12.2 Å². The number of esters is 2. The summed E-state index contributed by atoms with van der Waals surface area (Å²) in [7, 11) is 2.71. The molecule has 82 valence electrons. The van der Waals surface area contributed by atoms with Crippen molar-refractivity contribution in [2.24, 2.45) is 10.8 Å². The average molecular weight is 210 g/mol. The second kappa shape index (κ2) is 3.08. The van der Waals surface area contributed by atoms with Crippen molar-refractivity contribution >= 4 is 11.9 Å². The highest BCUT2D eigenvalue weighted by Crippen LogP contribution is 2.70. The number of carbonyl (C=O) groups excluding carboxylic acids is 2. The van der Waals surface area contributed by atoms with Crippen molar-refractivity contribution in [1.29, 1.82) is 0 Å². The SMILES string of the molecule is COC(=O)C12CC=CCC1(C(=O)OC)C2. The van der Waals surface area contributed by atoms with Gasteiger partial charge in [-0.3, -0.25) is 9.59 Å². The van der Waals surface area contributed by atoms with E-state index in [0.29, 0.717) is 19.3 Å². The fourth-order valence-corrected chi connectivity index (χ4v) is 2.67. The number of rotatable bonds is 2. The van der Waals surface area contributed by atoms with Gasteiger partial charge in [0.2, 0.25) is 0 Å². The Bertz CT molecular complexity index is 314. The van der Waals surface area contributed by atoms with Gasteiger partial charge in [0.25, 0.3) is 0 Å². The molecule has 0 saturated heterocycles. The van der Waals surface area contributed by atoms with Crippen LogP contribution in [0, 0.1) is 10.8 Å². The monoisotopic (exact) mass is 210 g/mol. The van der Waals surface area contributed by atoms with E-state index >= 15 is 0 Å². The first-order chi connectivity index (χ1) is 7.13. The van der Waals surface area contributed by atoms with Crippen LogP contribution in [-0.2, 0) is 19.1 Å². The van der Waals surface area contributed by atoms with Gasteiger partial charge in [0.15, 0.2) is 0 Å². The first-order valence-corrected chi connectivity index (χ1v) is 4.95. The van der Waals surface area contributed by atoms with E-state index in [4.69, 9.17) is 9.47 Å². The first-order valence-electron chi connectivity index (χ1n) is 4.95. The molecule has 1 saturated carbocycles. The lowest BCUT2D eigenvalue weighted by Gasteiger charge is -2.23. The molecule has 2 unspecified atom stereocenters. The second-order valence-corrected chi connectivity index (χ2v) is 4.20. The zero-order valence-electron chi connectivity index (χ0n) is 8.91. The van der Waals surface area contributed by atoms with Gasteiger partial charge < -0.3 is 9.47 Å². The van der Waals surface area contributed by atoms with Gasteiger partial charge in [0, 0.05) is 0 Å². The number of allylic oxidation sites excluding steroid dienone is 2. The van der Waals surface area contributed by atoms with E-state index in [0.717, 1.165) is 0 Å². The molecule has 0 aromatic carbocycles. The molecule has 15 heavy (non-hydrogen) atoms. The van der Waals surface area contributed by atoms with Gasteiger partial charge in [-0.25, -0.2) is 0 Å². The summed E-state index contributed by atoms with van der Waals surface area (Å²) in [5.41, 5.74) is -1.30. The molecule has 0 aliphatic heterocycles. The molecule has 2 atom stereocenters. The summed E-state index contributed by atoms with van der Waals surface area (Å²) >= 11 is 0. The molecule has 0 bridgehead atoms. The Labute approximate surface area is 88.2 Å². The Kier molecular flexibility index (Phi) is 2.10. The highest BCUT2D eigenvalue weighted by atomic mass is 16.5. The van der Waals surface area contributed by atoms with Crippen LogP contribution in [0.15, 0.2) is 12.2 Å². The van der Waals surface area contributed by atoms with Crippen LogP contribution in [0.3, 0.4) is 0 Å². The van der Waals surface area contributed by atoms with Crippen molar-refractivity contribution < 1.29 is 19.1 Å². The minimum absolute atomic E-state index is 0.294. The van der Waals surface area contributed by atoms with Crippen LogP contribution in [-0.4, -0.2) is 26.2 Å². The highest BCUT2D eigenvalue weighted by molar-refractivity contribution is 5.95. The van der Waals surface area contributed by atoms with E-state index in [1.165, 1.54) is 14.2 Å². The zero-order chi connectivity index (χ0) is 11.1. The van der Waals surface area contributed by atoms with E-state index < -0.39 is 10.8 Å². The van der Waals surface area contributed by atoms with Crippen molar-refractivity contribution in [3.63, 3.8) is 0 Å². The van der Waals surface area contributed by atoms with E-state index in [9.17, 15) is 9.59 Å². The quantitative estimate of drug-likeness (QED) is 0.505. The molecule has 0 amide bonds. The van der Waals surface area contributed by atoms with Crippen LogP contribution in [0.25, 0.3) is 0 Å². The minimum atomic E-state index is -0.649. The third kappa shape index (κ3) is 1.07. The zero-order valence-corrected chi connectivity index (χ0v) is 8.91. The lowest BCUT2D eigenvalue weighted by molar-refractivity contribution is -0.157. The van der Waals surface area contributed by atoms with Crippen molar-refractivity contribution in [2.75, 3.05) is 14.2 Å². The predicted octanol–water partition coefficient (Wildman–Crippen LogP) is 1.06. The van der Waals surface area contributed by atoms with Crippen LogP contribution in [0.2, 0.25) is 0 Å². The van der Waals surface area contributed by atoms with Crippen LogP contribution >= 0.6 is 0 Å². The molecule has 0 aromatic rings. The van der Waals surface area contributed by atoms with Gasteiger partial charge in [-0.2, -0.15) is 0 Å².